The SMILES string of the molecule is CCN1C(=O)CC([C-](C)C)C1=O. The second-order valence-electron chi connectivity index (χ2n) is 3.31. The number of carbonyl (C=O) groups is 2. The summed E-state index contributed by atoms with van der Waals surface area (Å²) in [6.45, 7) is 6.12. The molecule has 0 spiro atoms. The van der Waals surface area contributed by atoms with Gasteiger partial charge < -0.3 is 5.92 Å². The summed E-state index contributed by atoms with van der Waals surface area (Å²) in [7, 11) is 0. The molecule has 0 radical (unpaired) electrons. The maximum atomic E-state index is 11.5. The molecule has 2 amide bonds. The molecule has 0 bridgehead atoms. The summed E-state index contributed by atoms with van der Waals surface area (Å²) in [5, 5.41) is 0. The molecular formula is C9H14NO2-. The van der Waals surface area contributed by atoms with Crippen molar-refractivity contribution < 1.29 is 9.59 Å². The van der Waals surface area contributed by atoms with Crippen molar-refractivity contribution in [1.29, 1.82) is 0 Å². The van der Waals surface area contributed by atoms with Crippen molar-refractivity contribution in [2.24, 2.45) is 5.92 Å². The molecular weight excluding hydrogens is 154 g/mol. The summed E-state index contributed by atoms with van der Waals surface area (Å²) < 4.78 is 0. The molecule has 0 saturated carbocycles. The number of hydrogen-bond acceptors (Lipinski definition) is 2. The van der Waals surface area contributed by atoms with Crippen LogP contribution < -0.4 is 0 Å². The Hall–Kier alpha value is -0.860. The normalized spacial score (nSPS) is 24.3. The van der Waals surface area contributed by atoms with Crippen LogP contribution in [0.4, 0.5) is 0 Å². The van der Waals surface area contributed by atoms with E-state index in [0.717, 1.165) is 5.92 Å². The van der Waals surface area contributed by atoms with Crippen LogP contribution in [0.2, 0.25) is 0 Å². The second-order valence-corrected chi connectivity index (χ2v) is 3.31. The lowest BCUT2D eigenvalue weighted by Crippen LogP contribution is -2.30. The summed E-state index contributed by atoms with van der Waals surface area (Å²) >= 11 is 0. The first-order valence-electron chi connectivity index (χ1n) is 4.22. The van der Waals surface area contributed by atoms with E-state index in [1.54, 1.807) is 0 Å². The van der Waals surface area contributed by atoms with Crippen LogP contribution in [-0.2, 0) is 9.59 Å². The van der Waals surface area contributed by atoms with Crippen molar-refractivity contribution in [2.45, 2.75) is 27.2 Å². The molecule has 1 atom stereocenters. The highest BCUT2D eigenvalue weighted by Crippen LogP contribution is 2.26. The third-order valence-electron chi connectivity index (χ3n) is 2.26. The molecule has 0 aliphatic carbocycles. The number of hydrogen-bond donors (Lipinski definition) is 0. The van der Waals surface area contributed by atoms with E-state index >= 15 is 0 Å². The van der Waals surface area contributed by atoms with E-state index < -0.39 is 0 Å². The standard InChI is InChI=1S/C9H14NO2/c1-4-10-8(11)5-7(6(2)3)9(10)12/h7H,4-5H2,1-3H3/q-1. The number of likely N-dealkylation sites (tertiary alicyclic amines) is 1. The predicted octanol–water partition coefficient (Wildman–Crippen LogP) is 0.996. The minimum absolute atomic E-state index is 0.0255. The molecule has 3 heteroatoms. The first-order chi connectivity index (χ1) is 5.57. The lowest BCUT2D eigenvalue weighted by molar-refractivity contribution is -0.138. The molecule has 1 rings (SSSR count). The van der Waals surface area contributed by atoms with Crippen molar-refractivity contribution in [3.63, 3.8) is 0 Å². The van der Waals surface area contributed by atoms with Crippen LogP contribution >= 0.6 is 0 Å². The minimum Gasteiger partial charge on any atom is -0.307 e. The van der Waals surface area contributed by atoms with Crippen LogP contribution in [0.1, 0.15) is 27.2 Å². The topological polar surface area (TPSA) is 37.4 Å². The number of imide groups is 1. The zero-order valence-corrected chi connectivity index (χ0v) is 7.76. The van der Waals surface area contributed by atoms with Gasteiger partial charge in [-0.3, -0.25) is 14.5 Å². The third kappa shape index (κ3) is 1.36. The summed E-state index contributed by atoms with van der Waals surface area (Å²) in [6.07, 6.45) is 0.370. The largest absolute Gasteiger partial charge is 0.307 e. The zero-order chi connectivity index (χ0) is 9.30. The Labute approximate surface area is 72.7 Å². The van der Waals surface area contributed by atoms with Crippen LogP contribution in [-0.4, -0.2) is 23.3 Å². The fourth-order valence-electron chi connectivity index (χ4n) is 1.47. The molecule has 0 aromatic heterocycles. The number of amides is 2. The quantitative estimate of drug-likeness (QED) is 0.455. The average molecular weight is 168 g/mol. The Kier molecular flexibility index (Phi) is 2.50. The second kappa shape index (κ2) is 3.25. The predicted molar refractivity (Wildman–Crippen MR) is 45.1 cm³/mol. The lowest BCUT2D eigenvalue weighted by Gasteiger charge is -2.24. The molecule has 68 valence electrons. The number of rotatable bonds is 2. The molecule has 1 unspecified atom stereocenters. The van der Waals surface area contributed by atoms with Crippen molar-refractivity contribution in [1.82, 2.24) is 4.90 Å². The van der Waals surface area contributed by atoms with Gasteiger partial charge in [-0.2, -0.15) is 13.8 Å². The Morgan fingerprint density at radius 3 is 2.33 bits per heavy atom. The van der Waals surface area contributed by atoms with E-state index in [4.69, 9.17) is 0 Å². The molecule has 0 aromatic carbocycles. The fraction of sp³-hybridized carbons (Fsp3) is 0.667. The first kappa shape index (κ1) is 9.23. The third-order valence-corrected chi connectivity index (χ3v) is 2.26. The van der Waals surface area contributed by atoms with Gasteiger partial charge in [-0.1, -0.05) is 5.92 Å². The monoisotopic (exact) mass is 168 g/mol. The Balaban J connectivity index is 2.75. The Morgan fingerprint density at radius 1 is 1.50 bits per heavy atom. The van der Waals surface area contributed by atoms with Gasteiger partial charge in [0.1, 0.15) is 0 Å². The van der Waals surface area contributed by atoms with E-state index in [2.05, 4.69) is 0 Å². The lowest BCUT2D eigenvalue weighted by atomic mass is 9.94. The van der Waals surface area contributed by atoms with E-state index in [1.165, 1.54) is 4.90 Å². The van der Waals surface area contributed by atoms with Gasteiger partial charge in [0, 0.05) is 13.0 Å². The van der Waals surface area contributed by atoms with Crippen LogP contribution in [0, 0.1) is 11.8 Å². The van der Waals surface area contributed by atoms with E-state index in [9.17, 15) is 9.59 Å². The van der Waals surface area contributed by atoms with E-state index in [1.807, 2.05) is 20.8 Å². The van der Waals surface area contributed by atoms with Crippen LogP contribution in [0.15, 0.2) is 0 Å². The van der Waals surface area contributed by atoms with Crippen molar-refractivity contribution in [3.05, 3.63) is 5.92 Å². The summed E-state index contributed by atoms with van der Waals surface area (Å²) in [6, 6.07) is 0. The maximum absolute atomic E-state index is 11.5. The summed E-state index contributed by atoms with van der Waals surface area (Å²) in [4.78, 5) is 24.0. The van der Waals surface area contributed by atoms with E-state index in [-0.39, 0.29) is 17.7 Å². The average Bonchev–Trinajstić information content (AvgIpc) is 2.27. The van der Waals surface area contributed by atoms with Crippen LogP contribution in [0.25, 0.3) is 0 Å². The zero-order valence-electron chi connectivity index (χ0n) is 7.76. The molecule has 1 heterocycles. The van der Waals surface area contributed by atoms with Gasteiger partial charge in [-0.25, -0.2) is 0 Å². The van der Waals surface area contributed by atoms with Crippen LogP contribution in [0.5, 0.6) is 0 Å². The molecule has 1 aliphatic heterocycles. The number of nitrogens with zero attached hydrogens (tertiary/aromatic N) is 1. The number of carbonyl (C=O) groups excluding carboxylic acids is 2. The Bertz CT molecular complexity index is 211. The fourth-order valence-corrected chi connectivity index (χ4v) is 1.47. The van der Waals surface area contributed by atoms with Gasteiger partial charge in [0.25, 0.3) is 0 Å². The van der Waals surface area contributed by atoms with Crippen LogP contribution in [0.3, 0.4) is 0 Å². The molecule has 3 nitrogen and oxygen atoms in total. The van der Waals surface area contributed by atoms with Gasteiger partial charge >= 0.3 is 0 Å². The van der Waals surface area contributed by atoms with Crippen molar-refractivity contribution >= 4 is 11.8 Å². The van der Waals surface area contributed by atoms with Gasteiger partial charge in [0.05, 0.1) is 0 Å². The Morgan fingerprint density at radius 2 is 2.08 bits per heavy atom. The van der Waals surface area contributed by atoms with E-state index in [0.29, 0.717) is 13.0 Å². The van der Waals surface area contributed by atoms with Crippen molar-refractivity contribution in [3.8, 4) is 0 Å². The highest BCUT2D eigenvalue weighted by molar-refractivity contribution is 6.04. The van der Waals surface area contributed by atoms with Gasteiger partial charge in [0.15, 0.2) is 0 Å². The minimum atomic E-state index is -0.155. The van der Waals surface area contributed by atoms with Gasteiger partial charge in [-0.05, 0) is 6.92 Å². The molecule has 1 aliphatic rings. The van der Waals surface area contributed by atoms with Gasteiger partial charge in [-0.15, -0.1) is 0 Å². The molecule has 0 N–H and O–H groups in total. The molecule has 1 fully saturated rings. The maximum Gasteiger partial charge on any atom is 0.227 e. The highest BCUT2D eigenvalue weighted by Gasteiger charge is 2.32. The summed E-state index contributed by atoms with van der Waals surface area (Å²) in [5.74, 6) is 0.818. The summed E-state index contributed by atoms with van der Waals surface area (Å²) in [5.41, 5.74) is 0. The molecule has 12 heavy (non-hydrogen) atoms. The molecule has 0 aromatic rings. The van der Waals surface area contributed by atoms with Gasteiger partial charge in [0.2, 0.25) is 11.8 Å². The highest BCUT2D eigenvalue weighted by atomic mass is 16.2. The smallest absolute Gasteiger partial charge is 0.227 e. The first-order valence-corrected chi connectivity index (χ1v) is 4.22. The van der Waals surface area contributed by atoms with Crippen molar-refractivity contribution in [2.75, 3.05) is 6.54 Å². The molecule has 1 saturated heterocycles.